The number of halogens is 2. The highest BCUT2D eigenvalue weighted by atomic mass is 35.5. The molecule has 4 heteroatoms. The molecule has 2 nitrogen and oxygen atoms in total. The third-order valence-electron chi connectivity index (χ3n) is 1.62. The molecule has 0 amide bonds. The van der Waals surface area contributed by atoms with Gasteiger partial charge in [0, 0.05) is 10.0 Å². The molecule has 0 aliphatic carbocycles. The molecule has 0 heterocycles. The third-order valence-corrected chi connectivity index (χ3v) is 2.19. The minimum atomic E-state index is 0.510. The second-order valence-electron chi connectivity index (χ2n) is 2.74. The largest absolute Gasteiger partial charge is 0.411 e. The van der Waals surface area contributed by atoms with Gasteiger partial charge in [0.1, 0.15) is 0 Å². The fraction of sp³-hybridized carbons (Fsp3) is 0.100. The van der Waals surface area contributed by atoms with E-state index >= 15 is 0 Å². The Morgan fingerprint density at radius 2 is 2.14 bits per heavy atom. The van der Waals surface area contributed by atoms with Crippen molar-refractivity contribution in [3.8, 4) is 0 Å². The summed E-state index contributed by atoms with van der Waals surface area (Å²) in [5, 5.41) is 12.6. The summed E-state index contributed by atoms with van der Waals surface area (Å²) < 4.78 is 0. The van der Waals surface area contributed by atoms with Crippen molar-refractivity contribution in [3.05, 3.63) is 39.9 Å². The Balaban J connectivity index is 2.93. The molecule has 0 aliphatic rings. The van der Waals surface area contributed by atoms with E-state index in [9.17, 15) is 0 Å². The fourth-order valence-electron chi connectivity index (χ4n) is 0.880. The number of hydrogen-bond donors (Lipinski definition) is 1. The van der Waals surface area contributed by atoms with Crippen molar-refractivity contribution in [3.63, 3.8) is 0 Å². The number of benzene rings is 1. The lowest BCUT2D eigenvalue weighted by atomic mass is 10.2. The molecule has 1 aromatic rings. The van der Waals surface area contributed by atoms with Crippen LogP contribution in [-0.4, -0.2) is 10.9 Å². The van der Waals surface area contributed by atoms with E-state index in [0.29, 0.717) is 15.8 Å². The van der Waals surface area contributed by atoms with Crippen molar-refractivity contribution in [2.24, 2.45) is 5.16 Å². The first-order valence-corrected chi connectivity index (χ1v) is 4.71. The molecule has 1 N–H and O–H groups in total. The molecule has 0 saturated carbocycles. The predicted octanol–water partition coefficient (Wildman–Crippen LogP) is 3.86. The van der Waals surface area contributed by atoms with E-state index < -0.39 is 0 Å². The smallest absolute Gasteiger partial charge is 0.0765 e. The van der Waals surface area contributed by atoms with Crippen LogP contribution >= 0.6 is 23.2 Å². The van der Waals surface area contributed by atoms with Crippen LogP contribution in [0.1, 0.15) is 12.5 Å². The molecule has 0 fully saturated rings. The first-order valence-electron chi connectivity index (χ1n) is 3.95. The highest BCUT2D eigenvalue weighted by Crippen LogP contribution is 2.21. The molecule has 0 saturated heterocycles. The van der Waals surface area contributed by atoms with Gasteiger partial charge in [-0.25, -0.2) is 0 Å². The maximum absolute atomic E-state index is 8.41. The van der Waals surface area contributed by atoms with Crippen LogP contribution in [0.5, 0.6) is 0 Å². The van der Waals surface area contributed by atoms with Crippen LogP contribution < -0.4 is 0 Å². The number of oxime groups is 1. The van der Waals surface area contributed by atoms with Crippen LogP contribution in [0.25, 0.3) is 6.08 Å². The summed E-state index contributed by atoms with van der Waals surface area (Å²) in [5.41, 5.74) is 1.34. The zero-order chi connectivity index (χ0) is 10.6. The molecule has 14 heavy (non-hydrogen) atoms. The molecule has 0 aromatic heterocycles. The Hall–Kier alpha value is -0.990. The maximum atomic E-state index is 8.41. The number of nitrogens with zero attached hydrogens (tertiary/aromatic N) is 1. The Labute approximate surface area is 92.5 Å². The topological polar surface area (TPSA) is 32.6 Å². The van der Waals surface area contributed by atoms with E-state index in [1.807, 2.05) is 0 Å². The van der Waals surface area contributed by atoms with Crippen molar-refractivity contribution in [1.82, 2.24) is 0 Å². The summed E-state index contributed by atoms with van der Waals surface area (Å²) in [4.78, 5) is 0. The molecule has 0 spiro atoms. The first kappa shape index (κ1) is 11.1. The van der Waals surface area contributed by atoms with Gasteiger partial charge < -0.3 is 5.21 Å². The molecular weight excluding hydrogens is 221 g/mol. The molecule has 0 atom stereocenters. The lowest BCUT2D eigenvalue weighted by Crippen LogP contribution is -1.83. The van der Waals surface area contributed by atoms with E-state index in [4.69, 9.17) is 28.4 Å². The van der Waals surface area contributed by atoms with Crippen LogP contribution in [0, 0.1) is 0 Å². The van der Waals surface area contributed by atoms with E-state index in [2.05, 4.69) is 5.16 Å². The summed E-state index contributed by atoms with van der Waals surface area (Å²) >= 11 is 11.7. The van der Waals surface area contributed by atoms with E-state index in [0.717, 1.165) is 5.56 Å². The quantitative estimate of drug-likeness (QED) is 0.467. The summed E-state index contributed by atoms with van der Waals surface area (Å²) in [5.74, 6) is 0. The lowest BCUT2D eigenvalue weighted by molar-refractivity contribution is 0.319. The summed E-state index contributed by atoms with van der Waals surface area (Å²) in [6, 6.07) is 5.21. The van der Waals surface area contributed by atoms with Crippen molar-refractivity contribution in [2.75, 3.05) is 0 Å². The van der Waals surface area contributed by atoms with Crippen molar-refractivity contribution in [1.29, 1.82) is 0 Å². The van der Waals surface area contributed by atoms with Crippen LogP contribution in [0.3, 0.4) is 0 Å². The highest BCUT2D eigenvalue weighted by molar-refractivity contribution is 6.35. The van der Waals surface area contributed by atoms with Crippen molar-refractivity contribution in [2.45, 2.75) is 6.92 Å². The average Bonchev–Trinajstić information content (AvgIpc) is 2.16. The van der Waals surface area contributed by atoms with Gasteiger partial charge in [0.25, 0.3) is 0 Å². The van der Waals surface area contributed by atoms with Gasteiger partial charge in [-0.3, -0.25) is 0 Å². The minimum absolute atomic E-state index is 0.510. The normalized spacial score (nSPS) is 12.4. The average molecular weight is 230 g/mol. The Morgan fingerprint density at radius 3 is 2.71 bits per heavy atom. The van der Waals surface area contributed by atoms with Crippen LogP contribution in [0.4, 0.5) is 0 Å². The monoisotopic (exact) mass is 229 g/mol. The minimum Gasteiger partial charge on any atom is -0.411 e. The number of rotatable bonds is 2. The van der Waals surface area contributed by atoms with Gasteiger partial charge in [-0.2, -0.15) is 0 Å². The maximum Gasteiger partial charge on any atom is 0.0765 e. The molecule has 0 unspecified atom stereocenters. The lowest BCUT2D eigenvalue weighted by Gasteiger charge is -1.97. The van der Waals surface area contributed by atoms with E-state index in [-0.39, 0.29) is 0 Å². The Morgan fingerprint density at radius 1 is 1.43 bits per heavy atom. The van der Waals surface area contributed by atoms with Gasteiger partial charge in [-0.15, -0.1) is 0 Å². The van der Waals surface area contributed by atoms with Crippen LogP contribution in [0.2, 0.25) is 10.0 Å². The molecular formula is C10H9Cl2NO. The van der Waals surface area contributed by atoms with Crippen LogP contribution in [0.15, 0.2) is 29.4 Å². The number of hydrogen-bond acceptors (Lipinski definition) is 2. The molecule has 1 aromatic carbocycles. The van der Waals surface area contributed by atoms with Gasteiger partial charge in [-0.1, -0.05) is 40.5 Å². The summed E-state index contributed by atoms with van der Waals surface area (Å²) in [6.07, 6.45) is 3.42. The fourth-order valence-corrected chi connectivity index (χ4v) is 1.35. The number of allylic oxidation sites excluding steroid dienone is 1. The Kier molecular flexibility index (Phi) is 3.98. The molecule has 1 rings (SSSR count). The standard InChI is InChI=1S/C10H9Cl2NO/c1-7(13-14)2-3-8-4-5-9(11)6-10(8)12/h2-6,14H,1H3. The SMILES string of the molecule is CC(C=Cc1ccc(Cl)cc1Cl)=NO. The Bertz CT molecular complexity index is 386. The van der Waals surface area contributed by atoms with Gasteiger partial charge in [0.2, 0.25) is 0 Å². The van der Waals surface area contributed by atoms with Gasteiger partial charge in [0.05, 0.1) is 5.71 Å². The van der Waals surface area contributed by atoms with Gasteiger partial charge >= 0.3 is 0 Å². The van der Waals surface area contributed by atoms with Gasteiger partial charge in [0.15, 0.2) is 0 Å². The van der Waals surface area contributed by atoms with E-state index in [1.165, 1.54) is 0 Å². The zero-order valence-corrected chi connectivity index (χ0v) is 9.05. The van der Waals surface area contributed by atoms with Crippen molar-refractivity contribution >= 4 is 35.0 Å². The third kappa shape index (κ3) is 3.05. The molecule has 0 bridgehead atoms. The van der Waals surface area contributed by atoms with E-state index in [1.54, 1.807) is 37.3 Å². The molecule has 0 radical (unpaired) electrons. The summed E-state index contributed by atoms with van der Waals surface area (Å²) in [7, 11) is 0. The molecule has 74 valence electrons. The van der Waals surface area contributed by atoms with Crippen molar-refractivity contribution < 1.29 is 5.21 Å². The highest BCUT2D eigenvalue weighted by Gasteiger charge is 1.96. The molecule has 0 aliphatic heterocycles. The predicted molar refractivity (Wildman–Crippen MR) is 60.4 cm³/mol. The van der Waals surface area contributed by atoms with Gasteiger partial charge in [-0.05, 0) is 30.7 Å². The van der Waals surface area contributed by atoms with Crippen LogP contribution in [-0.2, 0) is 0 Å². The summed E-state index contributed by atoms with van der Waals surface area (Å²) in [6.45, 7) is 1.68. The first-order chi connectivity index (χ1) is 6.63. The second kappa shape index (κ2) is 5.03. The second-order valence-corrected chi connectivity index (χ2v) is 3.58. The zero-order valence-electron chi connectivity index (χ0n) is 7.54.